The Bertz CT molecular complexity index is 1110. The van der Waals surface area contributed by atoms with E-state index in [0.29, 0.717) is 35.0 Å². The fourth-order valence-electron chi connectivity index (χ4n) is 6.83. The molecule has 0 amide bonds. The van der Waals surface area contributed by atoms with Crippen molar-refractivity contribution in [1.82, 2.24) is 0 Å². The highest BCUT2D eigenvalue weighted by Gasteiger charge is 2.38. The van der Waals surface area contributed by atoms with Crippen LogP contribution in [0.25, 0.3) is 0 Å². The molecule has 0 aromatic heterocycles. The van der Waals surface area contributed by atoms with Crippen LogP contribution in [0.1, 0.15) is 111 Å². The topological polar surface area (TPSA) is 44.8 Å². The Balaban J connectivity index is 1.37. The molecule has 0 aliphatic heterocycles. The molecule has 0 unspecified atom stereocenters. The molecule has 3 aliphatic rings. The summed E-state index contributed by atoms with van der Waals surface area (Å²) in [6, 6.07) is 24.0. The van der Waals surface area contributed by atoms with Gasteiger partial charge in [-0.1, -0.05) is 93.1 Å². The van der Waals surface area contributed by atoms with Crippen molar-refractivity contribution in [3.8, 4) is 17.2 Å². The van der Waals surface area contributed by atoms with Gasteiger partial charge in [-0.2, -0.15) is 4.57 Å². The first-order valence-corrected chi connectivity index (χ1v) is 16.1. The molecule has 4 nitrogen and oxygen atoms in total. The monoisotopic (exact) mass is 530 g/mol. The average molecular weight is 531 g/mol. The average Bonchev–Trinajstić information content (AvgIpc) is 3.74. The van der Waals surface area contributed by atoms with E-state index in [9.17, 15) is 4.57 Å². The first kappa shape index (κ1) is 25.6. The third-order valence-corrected chi connectivity index (χ3v) is 10.0. The minimum atomic E-state index is -4.09. The maximum absolute atomic E-state index is 14.8. The minimum Gasteiger partial charge on any atom is -0.386 e. The van der Waals surface area contributed by atoms with Gasteiger partial charge >= 0.3 is 7.82 Å². The van der Waals surface area contributed by atoms with Gasteiger partial charge in [0.25, 0.3) is 0 Å². The summed E-state index contributed by atoms with van der Waals surface area (Å²) in [7, 11) is -4.09. The van der Waals surface area contributed by atoms with Crippen molar-refractivity contribution in [2.24, 2.45) is 0 Å². The molecule has 6 rings (SSSR count). The second-order valence-corrected chi connectivity index (χ2v) is 12.7. The normalized spacial score (nSPS) is 19.2. The number of phosphoric acid groups is 1. The molecule has 0 radical (unpaired) electrons. The van der Waals surface area contributed by atoms with E-state index in [1.165, 1.54) is 38.5 Å². The molecule has 3 aromatic rings. The second-order valence-electron chi connectivity index (χ2n) is 11.3. The zero-order chi connectivity index (χ0) is 25.8. The molecule has 0 N–H and O–H groups in total. The van der Waals surface area contributed by atoms with E-state index in [4.69, 9.17) is 13.6 Å². The van der Waals surface area contributed by atoms with Crippen LogP contribution in [0.5, 0.6) is 17.2 Å². The van der Waals surface area contributed by atoms with E-state index in [1.807, 2.05) is 54.6 Å². The molecule has 3 aromatic carbocycles. The number of hydrogen-bond donors (Lipinski definition) is 0. The van der Waals surface area contributed by atoms with Crippen molar-refractivity contribution in [3.05, 3.63) is 89.5 Å². The highest BCUT2D eigenvalue weighted by Crippen LogP contribution is 2.55. The van der Waals surface area contributed by atoms with Crippen molar-refractivity contribution in [2.45, 2.75) is 94.8 Å². The lowest BCUT2D eigenvalue weighted by Crippen LogP contribution is -2.12. The summed E-state index contributed by atoms with van der Waals surface area (Å²) in [6.07, 6.45) is 14.1. The fraction of sp³-hybridized carbons (Fsp3) is 0.455. The maximum Gasteiger partial charge on any atom is 0.647 e. The number of hydrogen-bond acceptors (Lipinski definition) is 4. The summed E-state index contributed by atoms with van der Waals surface area (Å²) in [5, 5.41) is 0. The summed E-state index contributed by atoms with van der Waals surface area (Å²) in [6.45, 7) is 0. The number of rotatable bonds is 9. The van der Waals surface area contributed by atoms with Gasteiger partial charge in [-0.05, 0) is 91.2 Å². The molecule has 3 fully saturated rings. The quantitative estimate of drug-likeness (QED) is 0.258. The molecule has 200 valence electrons. The van der Waals surface area contributed by atoms with Gasteiger partial charge < -0.3 is 13.6 Å². The van der Waals surface area contributed by atoms with Crippen LogP contribution < -0.4 is 13.6 Å². The van der Waals surface area contributed by atoms with Gasteiger partial charge in [-0.25, -0.2) is 0 Å². The van der Waals surface area contributed by atoms with Crippen molar-refractivity contribution in [3.63, 3.8) is 0 Å². The molecule has 0 atom stereocenters. The lowest BCUT2D eigenvalue weighted by atomic mass is 9.97. The SMILES string of the molecule is O=P(Oc1ccccc1C1CCCC1)(Oc1ccccc1C1CCCC1)Oc1ccccc1C1CCCC1. The van der Waals surface area contributed by atoms with Crippen LogP contribution in [0, 0.1) is 0 Å². The second kappa shape index (κ2) is 11.6. The first-order valence-electron chi connectivity index (χ1n) is 14.6. The standard InChI is InChI=1S/C33H39O4P/c34-38(35-31-22-10-7-19-28(31)25-13-1-2-14-25,36-32-23-11-8-20-29(32)26-15-3-4-16-26)37-33-24-12-9-21-30(33)27-17-5-6-18-27/h7-12,19-27H,1-6,13-18H2. The Kier molecular flexibility index (Phi) is 7.79. The molecule has 0 bridgehead atoms. The van der Waals surface area contributed by atoms with Crippen molar-refractivity contribution in [1.29, 1.82) is 0 Å². The predicted molar refractivity (Wildman–Crippen MR) is 152 cm³/mol. The van der Waals surface area contributed by atoms with E-state index in [0.717, 1.165) is 55.2 Å². The smallest absolute Gasteiger partial charge is 0.386 e. The molecule has 0 heterocycles. The number of phosphoric ester groups is 1. The van der Waals surface area contributed by atoms with Crippen LogP contribution in [0.2, 0.25) is 0 Å². The predicted octanol–water partition coefficient (Wildman–Crippen LogP) is 10.3. The Labute approximate surface area is 227 Å². The molecule has 3 aliphatic carbocycles. The van der Waals surface area contributed by atoms with Gasteiger partial charge in [0.2, 0.25) is 0 Å². The molecule has 0 saturated heterocycles. The Hall–Kier alpha value is -2.71. The lowest BCUT2D eigenvalue weighted by molar-refractivity contribution is 0.293. The zero-order valence-electron chi connectivity index (χ0n) is 22.2. The summed E-state index contributed by atoms with van der Waals surface area (Å²) >= 11 is 0. The number of benzene rings is 3. The number of para-hydroxylation sites is 3. The molecule has 38 heavy (non-hydrogen) atoms. The van der Waals surface area contributed by atoms with Gasteiger partial charge in [0.05, 0.1) is 0 Å². The zero-order valence-corrected chi connectivity index (χ0v) is 23.1. The van der Waals surface area contributed by atoms with Crippen molar-refractivity contribution in [2.75, 3.05) is 0 Å². The molecular weight excluding hydrogens is 491 g/mol. The van der Waals surface area contributed by atoms with Gasteiger partial charge in [0.15, 0.2) is 0 Å². The highest BCUT2D eigenvalue weighted by molar-refractivity contribution is 7.49. The third kappa shape index (κ3) is 5.66. The van der Waals surface area contributed by atoms with Gasteiger partial charge in [0, 0.05) is 0 Å². The van der Waals surface area contributed by atoms with E-state index in [1.54, 1.807) is 0 Å². The summed E-state index contributed by atoms with van der Waals surface area (Å²) in [5.74, 6) is 3.07. The Morgan fingerprint density at radius 3 is 1.00 bits per heavy atom. The summed E-state index contributed by atoms with van der Waals surface area (Å²) in [5.41, 5.74) is 3.31. The Morgan fingerprint density at radius 1 is 0.447 bits per heavy atom. The first-order chi connectivity index (χ1) is 18.7. The highest BCUT2D eigenvalue weighted by atomic mass is 31.2. The van der Waals surface area contributed by atoms with Crippen molar-refractivity contribution >= 4 is 7.82 Å². The molecule has 5 heteroatoms. The summed E-state index contributed by atoms with van der Waals surface area (Å²) < 4.78 is 34.0. The van der Waals surface area contributed by atoms with E-state index >= 15 is 0 Å². The van der Waals surface area contributed by atoms with Crippen LogP contribution in [0.15, 0.2) is 72.8 Å². The summed E-state index contributed by atoms with van der Waals surface area (Å²) in [4.78, 5) is 0. The van der Waals surface area contributed by atoms with Crippen LogP contribution in [-0.4, -0.2) is 0 Å². The largest absolute Gasteiger partial charge is 0.647 e. The fourth-order valence-corrected chi connectivity index (χ4v) is 8.16. The molecule has 3 saturated carbocycles. The van der Waals surface area contributed by atoms with Gasteiger partial charge in [-0.3, -0.25) is 0 Å². The minimum absolute atomic E-state index is 0.413. The van der Waals surface area contributed by atoms with E-state index < -0.39 is 7.82 Å². The van der Waals surface area contributed by atoms with Crippen LogP contribution in [0.4, 0.5) is 0 Å². The van der Waals surface area contributed by atoms with Crippen molar-refractivity contribution < 1.29 is 18.1 Å². The van der Waals surface area contributed by atoms with E-state index in [2.05, 4.69) is 18.2 Å². The van der Waals surface area contributed by atoms with Gasteiger partial charge in [0.1, 0.15) is 17.2 Å². The molecule has 0 spiro atoms. The molecular formula is C33H39O4P. The van der Waals surface area contributed by atoms with Gasteiger partial charge in [-0.15, -0.1) is 0 Å². The lowest BCUT2D eigenvalue weighted by Gasteiger charge is -2.25. The van der Waals surface area contributed by atoms with Crippen LogP contribution in [-0.2, 0) is 4.57 Å². The maximum atomic E-state index is 14.8. The Morgan fingerprint density at radius 2 is 0.711 bits per heavy atom. The van der Waals surface area contributed by atoms with Crippen LogP contribution in [0.3, 0.4) is 0 Å². The van der Waals surface area contributed by atoms with Crippen LogP contribution >= 0.6 is 7.82 Å². The van der Waals surface area contributed by atoms with E-state index in [-0.39, 0.29) is 0 Å². The third-order valence-electron chi connectivity index (χ3n) is 8.77.